The monoisotopic (exact) mass is 467 g/mol. The van der Waals surface area contributed by atoms with E-state index < -0.39 is 0 Å². The zero-order valence-corrected chi connectivity index (χ0v) is 20.2. The number of carbonyl (C=O) groups excluding carboxylic acids is 2. The maximum absolute atomic E-state index is 12.7. The minimum atomic E-state index is -0.154. The van der Waals surface area contributed by atoms with Gasteiger partial charge in [0.2, 0.25) is 5.91 Å². The molecule has 1 N–H and O–H groups in total. The minimum Gasteiger partial charge on any atom is -0.345 e. The molecule has 1 heterocycles. The van der Waals surface area contributed by atoms with Crippen LogP contribution in [-0.2, 0) is 11.3 Å². The van der Waals surface area contributed by atoms with E-state index in [2.05, 4.69) is 5.32 Å². The number of benzene rings is 3. The van der Waals surface area contributed by atoms with Crippen LogP contribution in [-0.4, -0.2) is 59.1 Å². The van der Waals surface area contributed by atoms with Crippen LogP contribution in [0.5, 0.6) is 0 Å². The van der Waals surface area contributed by atoms with Gasteiger partial charge in [0.1, 0.15) is 0 Å². The Balaban J connectivity index is 1.48. The van der Waals surface area contributed by atoms with Crippen LogP contribution in [0.15, 0.2) is 91.1 Å². The van der Waals surface area contributed by atoms with Crippen molar-refractivity contribution in [2.75, 3.05) is 33.0 Å². The molecule has 0 saturated carbocycles. The molecule has 7 heteroatoms. The van der Waals surface area contributed by atoms with Crippen LogP contribution in [0.2, 0.25) is 0 Å². The summed E-state index contributed by atoms with van der Waals surface area (Å²) in [7, 11) is 5.30. The fourth-order valence-electron chi connectivity index (χ4n) is 3.86. The van der Waals surface area contributed by atoms with Gasteiger partial charge in [0, 0.05) is 49.2 Å². The Labute approximate surface area is 205 Å². The van der Waals surface area contributed by atoms with Crippen molar-refractivity contribution in [3.05, 3.63) is 102 Å². The third-order valence-corrected chi connectivity index (χ3v) is 5.51. The summed E-state index contributed by atoms with van der Waals surface area (Å²) in [5.41, 5.74) is 5.03. The van der Waals surface area contributed by atoms with E-state index in [4.69, 9.17) is 5.10 Å². The van der Waals surface area contributed by atoms with Gasteiger partial charge >= 0.3 is 0 Å². The molecule has 0 saturated heterocycles. The predicted octanol–water partition coefficient (Wildman–Crippen LogP) is 4.31. The Morgan fingerprint density at radius 3 is 2.26 bits per heavy atom. The number of hydrogen-bond donors (Lipinski definition) is 1. The van der Waals surface area contributed by atoms with Gasteiger partial charge in [-0.05, 0) is 37.4 Å². The molecule has 178 valence electrons. The Hall–Kier alpha value is -4.23. The zero-order chi connectivity index (χ0) is 24.8. The summed E-state index contributed by atoms with van der Waals surface area (Å²) in [6.07, 6.45) is 2.02. The topological polar surface area (TPSA) is 70.5 Å². The Kier molecular flexibility index (Phi) is 7.38. The van der Waals surface area contributed by atoms with Crippen LogP contribution in [0.1, 0.15) is 15.9 Å². The van der Waals surface area contributed by atoms with E-state index in [0.717, 1.165) is 22.5 Å². The Morgan fingerprint density at radius 1 is 0.886 bits per heavy atom. The summed E-state index contributed by atoms with van der Waals surface area (Å²) in [5.74, 6) is -0.263. The number of amides is 2. The van der Waals surface area contributed by atoms with E-state index in [-0.39, 0.29) is 18.4 Å². The summed E-state index contributed by atoms with van der Waals surface area (Å²) in [5, 5.41) is 7.74. The smallest absolute Gasteiger partial charge is 0.253 e. The molecule has 4 aromatic rings. The van der Waals surface area contributed by atoms with Gasteiger partial charge in [0.15, 0.2) is 0 Å². The molecule has 0 aliphatic carbocycles. The third-order valence-electron chi connectivity index (χ3n) is 5.51. The average molecular weight is 468 g/mol. The van der Waals surface area contributed by atoms with Crippen LogP contribution < -0.4 is 5.32 Å². The van der Waals surface area contributed by atoms with Crippen molar-refractivity contribution in [1.82, 2.24) is 19.6 Å². The van der Waals surface area contributed by atoms with Crippen molar-refractivity contribution in [2.24, 2.45) is 0 Å². The van der Waals surface area contributed by atoms with E-state index in [1.54, 1.807) is 38.4 Å². The van der Waals surface area contributed by atoms with Crippen LogP contribution in [0.25, 0.3) is 16.9 Å². The SMILES string of the molecule is CN(CC(=O)Nc1cccc(C(=O)N(C)C)c1)Cc1cn(-c2ccccc2)nc1-c1ccccc1. The zero-order valence-electron chi connectivity index (χ0n) is 20.2. The quantitative estimate of drug-likeness (QED) is 0.419. The Morgan fingerprint density at radius 2 is 1.57 bits per heavy atom. The maximum atomic E-state index is 12.7. The van der Waals surface area contributed by atoms with Gasteiger partial charge in [-0.25, -0.2) is 4.68 Å². The second-order valence-corrected chi connectivity index (χ2v) is 8.65. The number of nitrogens with zero attached hydrogens (tertiary/aromatic N) is 4. The molecule has 0 atom stereocenters. The highest BCUT2D eigenvalue weighted by atomic mass is 16.2. The summed E-state index contributed by atoms with van der Waals surface area (Å²) in [4.78, 5) is 28.4. The van der Waals surface area contributed by atoms with Crippen LogP contribution in [0, 0.1) is 0 Å². The van der Waals surface area contributed by atoms with Crippen molar-refractivity contribution in [2.45, 2.75) is 6.54 Å². The fraction of sp³-hybridized carbons (Fsp3) is 0.179. The van der Waals surface area contributed by atoms with Crippen LogP contribution in [0.3, 0.4) is 0 Å². The van der Waals surface area contributed by atoms with Crippen LogP contribution >= 0.6 is 0 Å². The number of para-hydroxylation sites is 1. The molecule has 35 heavy (non-hydrogen) atoms. The van der Waals surface area contributed by atoms with Gasteiger partial charge in [-0.3, -0.25) is 14.5 Å². The molecule has 0 bridgehead atoms. The minimum absolute atomic E-state index is 0.109. The molecule has 0 radical (unpaired) electrons. The van der Waals surface area contributed by atoms with Gasteiger partial charge in [-0.15, -0.1) is 0 Å². The number of anilines is 1. The van der Waals surface area contributed by atoms with Gasteiger partial charge < -0.3 is 10.2 Å². The lowest BCUT2D eigenvalue weighted by Crippen LogP contribution is -2.30. The largest absolute Gasteiger partial charge is 0.345 e. The number of nitrogens with one attached hydrogen (secondary N) is 1. The lowest BCUT2D eigenvalue weighted by atomic mass is 10.1. The van der Waals surface area contributed by atoms with Crippen molar-refractivity contribution >= 4 is 17.5 Å². The second-order valence-electron chi connectivity index (χ2n) is 8.65. The second kappa shape index (κ2) is 10.8. The molecule has 3 aromatic carbocycles. The van der Waals surface area contributed by atoms with Gasteiger partial charge in [-0.2, -0.15) is 5.10 Å². The summed E-state index contributed by atoms with van der Waals surface area (Å²) >= 11 is 0. The standard InChI is InChI=1S/C28H29N5O2/c1-31(2)28(35)22-13-10-14-24(17-22)29-26(34)20-32(3)18-23-19-33(25-15-8-5-9-16-25)30-27(23)21-11-6-4-7-12-21/h4-17,19H,18,20H2,1-3H3,(H,29,34). The molecule has 0 spiro atoms. The number of hydrogen-bond acceptors (Lipinski definition) is 4. The van der Waals surface area contributed by atoms with Gasteiger partial charge in [-0.1, -0.05) is 54.6 Å². The maximum Gasteiger partial charge on any atom is 0.253 e. The van der Waals surface area contributed by atoms with E-state index in [9.17, 15) is 9.59 Å². The van der Waals surface area contributed by atoms with Crippen molar-refractivity contribution in [3.8, 4) is 16.9 Å². The number of aromatic nitrogens is 2. The molecule has 1 aromatic heterocycles. The summed E-state index contributed by atoms with van der Waals surface area (Å²) < 4.78 is 1.87. The molecular formula is C28H29N5O2. The molecule has 4 rings (SSSR count). The molecular weight excluding hydrogens is 438 g/mol. The molecule has 2 amide bonds. The first-order valence-corrected chi connectivity index (χ1v) is 11.4. The lowest BCUT2D eigenvalue weighted by Gasteiger charge is -2.17. The first-order chi connectivity index (χ1) is 16.9. The first-order valence-electron chi connectivity index (χ1n) is 11.4. The first kappa shape index (κ1) is 23.9. The van der Waals surface area contributed by atoms with E-state index in [1.807, 2.05) is 83.5 Å². The number of rotatable bonds is 8. The highest BCUT2D eigenvalue weighted by molar-refractivity contribution is 5.97. The third kappa shape index (κ3) is 6.02. The van der Waals surface area contributed by atoms with E-state index in [1.165, 1.54) is 4.90 Å². The van der Waals surface area contributed by atoms with Gasteiger partial charge in [0.05, 0.1) is 17.9 Å². The predicted molar refractivity (Wildman–Crippen MR) is 138 cm³/mol. The van der Waals surface area contributed by atoms with Crippen molar-refractivity contribution in [3.63, 3.8) is 0 Å². The van der Waals surface area contributed by atoms with E-state index in [0.29, 0.717) is 17.8 Å². The van der Waals surface area contributed by atoms with Crippen LogP contribution in [0.4, 0.5) is 5.69 Å². The highest BCUT2D eigenvalue weighted by Crippen LogP contribution is 2.24. The van der Waals surface area contributed by atoms with Crippen molar-refractivity contribution < 1.29 is 9.59 Å². The number of likely N-dealkylation sites (N-methyl/N-ethyl adjacent to an activating group) is 1. The molecule has 0 aliphatic rings. The molecule has 7 nitrogen and oxygen atoms in total. The summed E-state index contributed by atoms with van der Waals surface area (Å²) in [6, 6.07) is 27.0. The fourth-order valence-corrected chi connectivity index (χ4v) is 3.86. The average Bonchev–Trinajstić information content (AvgIpc) is 3.28. The summed E-state index contributed by atoms with van der Waals surface area (Å²) in [6.45, 7) is 0.736. The van der Waals surface area contributed by atoms with E-state index >= 15 is 0 Å². The van der Waals surface area contributed by atoms with Crippen molar-refractivity contribution in [1.29, 1.82) is 0 Å². The Bertz CT molecular complexity index is 1300. The highest BCUT2D eigenvalue weighted by Gasteiger charge is 2.16. The normalized spacial score (nSPS) is 10.9. The lowest BCUT2D eigenvalue weighted by molar-refractivity contribution is -0.117. The molecule has 0 unspecified atom stereocenters. The molecule has 0 fully saturated rings. The molecule has 0 aliphatic heterocycles. The van der Waals surface area contributed by atoms with Gasteiger partial charge in [0.25, 0.3) is 5.91 Å². The number of carbonyl (C=O) groups is 2.